The van der Waals surface area contributed by atoms with E-state index in [2.05, 4.69) is 39.4 Å². The van der Waals surface area contributed by atoms with E-state index in [1.807, 2.05) is 24.3 Å². The minimum atomic E-state index is -0.944. The molecule has 0 saturated heterocycles. The van der Waals surface area contributed by atoms with Crippen molar-refractivity contribution in [1.82, 2.24) is 4.72 Å². The molecule has 0 radical (unpaired) electrons. The normalized spacial score (nSPS) is 11.6. The second kappa shape index (κ2) is 8.46. The van der Waals surface area contributed by atoms with Crippen molar-refractivity contribution in [1.29, 1.82) is 0 Å². The molecule has 2 nitrogen and oxygen atoms in total. The van der Waals surface area contributed by atoms with Gasteiger partial charge in [-0.05, 0) is 24.6 Å². The first-order valence-electron chi connectivity index (χ1n) is 5.58. The maximum absolute atomic E-state index is 11.4. The summed E-state index contributed by atoms with van der Waals surface area (Å²) in [6, 6.07) is 7.82. The van der Waals surface area contributed by atoms with Crippen LogP contribution < -0.4 is 4.72 Å². The largest absolute Gasteiger partial charge is 0.243 e. The van der Waals surface area contributed by atoms with Crippen molar-refractivity contribution in [2.24, 2.45) is 0 Å². The number of nitrogens with one attached hydrogen (secondary N) is 1. The van der Waals surface area contributed by atoms with E-state index < -0.39 is 11.0 Å². The number of benzene rings is 1. The molecule has 0 aromatic heterocycles. The lowest BCUT2D eigenvalue weighted by Gasteiger charge is -1.98. The predicted molar refractivity (Wildman–Crippen MR) is 76.9 cm³/mol. The van der Waals surface area contributed by atoms with Crippen LogP contribution in [0.4, 0.5) is 0 Å². The molecular weight excluding hydrogens is 298 g/mol. The topological polar surface area (TPSA) is 29.1 Å². The summed E-state index contributed by atoms with van der Waals surface area (Å²) < 4.78 is 15.3. The van der Waals surface area contributed by atoms with Crippen LogP contribution in [-0.2, 0) is 11.0 Å². The number of hydrogen-bond acceptors (Lipinski definition) is 1. The molecule has 0 bridgehead atoms. The summed E-state index contributed by atoms with van der Waals surface area (Å²) >= 11 is 3.39. The van der Waals surface area contributed by atoms with Gasteiger partial charge in [0.2, 0.25) is 0 Å². The van der Waals surface area contributed by atoms with Crippen molar-refractivity contribution in [2.45, 2.75) is 19.8 Å². The molecule has 0 heterocycles. The van der Waals surface area contributed by atoms with E-state index in [9.17, 15) is 4.21 Å². The number of rotatable bonds is 5. The molecule has 0 aliphatic carbocycles. The molecule has 1 rings (SSSR count). The van der Waals surface area contributed by atoms with E-state index in [4.69, 9.17) is 0 Å². The minimum Gasteiger partial charge on any atom is -0.243 e. The van der Waals surface area contributed by atoms with Crippen molar-refractivity contribution in [3.8, 4) is 11.8 Å². The van der Waals surface area contributed by atoms with Gasteiger partial charge in [-0.25, -0.2) is 8.93 Å². The van der Waals surface area contributed by atoms with Gasteiger partial charge >= 0.3 is 0 Å². The standard InChI is InChI=1S/C13H16BrNOS/c1-2-3-10-17(16)15-9-5-7-12-6-4-8-13(14)11-12/h4,6,8,11,15H,2-3,9-10H2,1H3. The molecule has 4 heteroatoms. The van der Waals surface area contributed by atoms with Crippen LogP contribution in [0.25, 0.3) is 0 Å². The fraction of sp³-hybridized carbons (Fsp3) is 0.385. The van der Waals surface area contributed by atoms with Gasteiger partial charge in [0.25, 0.3) is 0 Å². The van der Waals surface area contributed by atoms with Gasteiger partial charge in [0.15, 0.2) is 0 Å². The first-order chi connectivity index (χ1) is 8.22. The highest BCUT2D eigenvalue weighted by Gasteiger charge is 1.95. The predicted octanol–water partition coefficient (Wildman–Crippen LogP) is 2.85. The molecular formula is C13H16BrNOS. The maximum Gasteiger partial charge on any atom is 0.0924 e. The Balaban J connectivity index is 2.34. The highest BCUT2D eigenvalue weighted by molar-refractivity contribution is 9.10. The van der Waals surface area contributed by atoms with Gasteiger partial charge in [0.1, 0.15) is 0 Å². The summed E-state index contributed by atoms with van der Waals surface area (Å²) in [5.41, 5.74) is 0.959. The molecule has 0 aliphatic heterocycles. The van der Waals surface area contributed by atoms with Gasteiger partial charge in [0, 0.05) is 15.8 Å². The third kappa shape index (κ3) is 6.62. The van der Waals surface area contributed by atoms with Gasteiger partial charge in [-0.2, -0.15) is 0 Å². The Morgan fingerprint density at radius 1 is 1.47 bits per heavy atom. The van der Waals surface area contributed by atoms with Crippen LogP contribution in [0.2, 0.25) is 0 Å². The van der Waals surface area contributed by atoms with E-state index >= 15 is 0 Å². The fourth-order valence-electron chi connectivity index (χ4n) is 1.18. The molecule has 0 fully saturated rings. The number of unbranched alkanes of at least 4 members (excludes halogenated alkanes) is 1. The van der Waals surface area contributed by atoms with Crippen molar-refractivity contribution in [3.63, 3.8) is 0 Å². The Hall–Kier alpha value is -0.630. The lowest BCUT2D eigenvalue weighted by atomic mass is 10.2. The summed E-state index contributed by atoms with van der Waals surface area (Å²) in [4.78, 5) is 0. The Morgan fingerprint density at radius 2 is 2.29 bits per heavy atom. The summed E-state index contributed by atoms with van der Waals surface area (Å²) in [7, 11) is -0.944. The third-order valence-corrected chi connectivity index (χ3v) is 3.68. The zero-order valence-corrected chi connectivity index (χ0v) is 12.2. The molecule has 17 heavy (non-hydrogen) atoms. The molecule has 0 aliphatic rings. The zero-order valence-electron chi connectivity index (χ0n) is 9.83. The minimum absolute atomic E-state index is 0.461. The van der Waals surface area contributed by atoms with E-state index in [1.54, 1.807) is 0 Å². The molecule has 0 spiro atoms. The monoisotopic (exact) mass is 313 g/mol. The first kappa shape index (κ1) is 14.4. The van der Waals surface area contributed by atoms with Crippen LogP contribution in [0, 0.1) is 11.8 Å². The molecule has 1 aromatic rings. The fourth-order valence-corrected chi connectivity index (χ4v) is 2.50. The van der Waals surface area contributed by atoms with E-state index in [0.717, 1.165) is 22.9 Å². The smallest absolute Gasteiger partial charge is 0.0924 e. The average Bonchev–Trinajstić information content (AvgIpc) is 2.32. The Kier molecular flexibility index (Phi) is 7.18. The molecule has 1 aromatic carbocycles. The molecule has 0 amide bonds. The lowest BCUT2D eigenvalue weighted by molar-refractivity contribution is 0.672. The summed E-state index contributed by atoms with van der Waals surface area (Å²) in [6.07, 6.45) is 2.05. The average molecular weight is 314 g/mol. The first-order valence-corrected chi connectivity index (χ1v) is 7.70. The summed E-state index contributed by atoms with van der Waals surface area (Å²) in [5.74, 6) is 6.68. The van der Waals surface area contributed by atoms with Crippen molar-refractivity contribution in [3.05, 3.63) is 34.3 Å². The highest BCUT2D eigenvalue weighted by Crippen LogP contribution is 2.10. The third-order valence-electron chi connectivity index (χ3n) is 2.06. The number of hydrogen-bond donors (Lipinski definition) is 1. The Morgan fingerprint density at radius 3 is 3.00 bits per heavy atom. The quantitative estimate of drug-likeness (QED) is 0.832. The molecule has 92 valence electrons. The molecule has 1 N–H and O–H groups in total. The maximum atomic E-state index is 11.4. The van der Waals surface area contributed by atoms with Crippen molar-refractivity contribution in [2.75, 3.05) is 12.3 Å². The Bertz CT molecular complexity index is 437. The second-order valence-electron chi connectivity index (χ2n) is 3.54. The van der Waals surface area contributed by atoms with Crippen molar-refractivity contribution < 1.29 is 4.21 Å². The second-order valence-corrected chi connectivity index (χ2v) is 5.84. The highest BCUT2D eigenvalue weighted by atomic mass is 79.9. The van der Waals surface area contributed by atoms with E-state index in [0.29, 0.717) is 12.3 Å². The number of halogens is 1. The van der Waals surface area contributed by atoms with E-state index in [-0.39, 0.29) is 0 Å². The summed E-state index contributed by atoms with van der Waals surface area (Å²) in [6.45, 7) is 2.55. The van der Waals surface area contributed by atoms with Crippen LogP contribution in [0.15, 0.2) is 28.7 Å². The van der Waals surface area contributed by atoms with Crippen LogP contribution in [0.1, 0.15) is 25.3 Å². The summed E-state index contributed by atoms with van der Waals surface area (Å²) in [5, 5.41) is 0. The van der Waals surface area contributed by atoms with Gasteiger partial charge in [0.05, 0.1) is 17.5 Å². The van der Waals surface area contributed by atoms with Gasteiger partial charge in [-0.15, -0.1) is 0 Å². The van der Waals surface area contributed by atoms with Crippen molar-refractivity contribution >= 4 is 26.9 Å². The van der Waals surface area contributed by atoms with Crippen LogP contribution in [0.5, 0.6) is 0 Å². The SMILES string of the molecule is CCCCS(=O)NCC#Cc1cccc(Br)c1. The van der Waals surface area contributed by atoms with Crippen LogP contribution in [0.3, 0.4) is 0 Å². The molecule has 1 unspecified atom stereocenters. The van der Waals surface area contributed by atoms with Crippen LogP contribution >= 0.6 is 15.9 Å². The van der Waals surface area contributed by atoms with Gasteiger partial charge < -0.3 is 0 Å². The van der Waals surface area contributed by atoms with Crippen LogP contribution in [-0.4, -0.2) is 16.5 Å². The lowest BCUT2D eigenvalue weighted by Crippen LogP contribution is -2.19. The Labute approximate surface area is 114 Å². The van der Waals surface area contributed by atoms with Gasteiger partial charge in [-0.1, -0.05) is 47.2 Å². The zero-order chi connectivity index (χ0) is 12.5. The molecule has 1 atom stereocenters. The van der Waals surface area contributed by atoms with Gasteiger partial charge in [-0.3, -0.25) is 0 Å². The molecule has 0 saturated carbocycles. The van der Waals surface area contributed by atoms with E-state index in [1.165, 1.54) is 0 Å².